The summed E-state index contributed by atoms with van der Waals surface area (Å²) in [6.07, 6.45) is 0.160. The molecule has 2 fully saturated rings. The van der Waals surface area contributed by atoms with Gasteiger partial charge in [0.2, 0.25) is 0 Å². The lowest BCUT2D eigenvalue weighted by atomic mass is 9.97. The molecule has 0 amide bonds. The van der Waals surface area contributed by atoms with Gasteiger partial charge in [-0.2, -0.15) is 13.2 Å². The van der Waals surface area contributed by atoms with Crippen LogP contribution in [0.5, 0.6) is 0 Å². The SMILES string of the molecule is CCNC1CC2CCC(C1)N2CCCC(F)(F)F. The zero-order valence-electron chi connectivity index (χ0n) is 11.0. The van der Waals surface area contributed by atoms with E-state index < -0.39 is 12.6 Å². The molecule has 2 rings (SSSR count). The molecule has 2 bridgehead atoms. The van der Waals surface area contributed by atoms with Crippen LogP contribution in [0.2, 0.25) is 0 Å². The van der Waals surface area contributed by atoms with Crippen molar-refractivity contribution in [2.45, 2.75) is 69.8 Å². The molecule has 2 aliphatic heterocycles. The van der Waals surface area contributed by atoms with E-state index >= 15 is 0 Å². The van der Waals surface area contributed by atoms with E-state index in [1.807, 2.05) is 0 Å². The second kappa shape index (κ2) is 5.78. The number of halogens is 3. The van der Waals surface area contributed by atoms with Crippen LogP contribution in [0.1, 0.15) is 45.4 Å². The van der Waals surface area contributed by atoms with E-state index in [1.165, 1.54) is 12.8 Å². The number of nitrogens with one attached hydrogen (secondary N) is 1. The van der Waals surface area contributed by atoms with Gasteiger partial charge in [0.05, 0.1) is 0 Å². The highest BCUT2D eigenvalue weighted by atomic mass is 19.4. The molecule has 1 N–H and O–H groups in total. The van der Waals surface area contributed by atoms with Gasteiger partial charge in [-0.3, -0.25) is 4.90 Å². The second-order valence-electron chi connectivity index (χ2n) is 5.57. The third kappa shape index (κ3) is 3.60. The predicted octanol–water partition coefficient (Wildman–Crippen LogP) is 2.93. The first-order chi connectivity index (χ1) is 8.49. The highest BCUT2D eigenvalue weighted by molar-refractivity contribution is 4.97. The molecule has 2 aliphatic rings. The Balaban J connectivity index is 1.78. The van der Waals surface area contributed by atoms with Gasteiger partial charge in [-0.15, -0.1) is 0 Å². The minimum atomic E-state index is -4.00. The highest BCUT2D eigenvalue weighted by Gasteiger charge is 2.40. The first-order valence-corrected chi connectivity index (χ1v) is 7.05. The molecule has 5 heteroatoms. The maximum Gasteiger partial charge on any atom is 0.389 e. The van der Waals surface area contributed by atoms with E-state index in [9.17, 15) is 13.2 Å². The van der Waals surface area contributed by atoms with Crippen molar-refractivity contribution in [3.05, 3.63) is 0 Å². The number of alkyl halides is 3. The quantitative estimate of drug-likeness (QED) is 0.821. The molecular weight excluding hydrogens is 241 g/mol. The minimum Gasteiger partial charge on any atom is -0.314 e. The Kier molecular flexibility index (Phi) is 4.54. The molecule has 2 atom stereocenters. The van der Waals surface area contributed by atoms with E-state index in [0.29, 0.717) is 24.7 Å². The predicted molar refractivity (Wildman–Crippen MR) is 65.5 cm³/mol. The first-order valence-electron chi connectivity index (χ1n) is 7.05. The van der Waals surface area contributed by atoms with Crippen LogP contribution in [-0.4, -0.2) is 42.3 Å². The Bertz CT molecular complexity index is 253. The summed E-state index contributed by atoms with van der Waals surface area (Å²) in [4.78, 5) is 2.33. The zero-order valence-corrected chi connectivity index (χ0v) is 11.0. The largest absolute Gasteiger partial charge is 0.389 e. The molecule has 0 saturated carbocycles. The van der Waals surface area contributed by atoms with Crippen molar-refractivity contribution in [2.75, 3.05) is 13.1 Å². The van der Waals surface area contributed by atoms with E-state index in [-0.39, 0.29) is 6.42 Å². The number of piperidine rings is 1. The van der Waals surface area contributed by atoms with Crippen LogP contribution in [0.3, 0.4) is 0 Å². The first kappa shape index (κ1) is 14.1. The van der Waals surface area contributed by atoms with Crippen molar-refractivity contribution in [3.63, 3.8) is 0 Å². The molecule has 0 radical (unpaired) electrons. The van der Waals surface area contributed by atoms with Crippen molar-refractivity contribution in [3.8, 4) is 0 Å². The van der Waals surface area contributed by atoms with Gasteiger partial charge < -0.3 is 5.32 Å². The van der Waals surface area contributed by atoms with Gasteiger partial charge in [-0.05, 0) is 45.2 Å². The van der Waals surface area contributed by atoms with Gasteiger partial charge in [-0.25, -0.2) is 0 Å². The highest BCUT2D eigenvalue weighted by Crippen LogP contribution is 2.36. The minimum absolute atomic E-state index is 0.252. The maximum absolute atomic E-state index is 12.2. The summed E-state index contributed by atoms with van der Waals surface area (Å²) in [5.74, 6) is 0. The lowest BCUT2D eigenvalue weighted by molar-refractivity contribution is -0.136. The zero-order chi connectivity index (χ0) is 13.2. The van der Waals surface area contributed by atoms with Crippen LogP contribution < -0.4 is 5.32 Å². The summed E-state index contributed by atoms with van der Waals surface area (Å²) in [6.45, 7) is 3.71. The Morgan fingerprint density at radius 2 is 1.78 bits per heavy atom. The molecule has 0 aromatic rings. The third-order valence-electron chi connectivity index (χ3n) is 4.25. The van der Waals surface area contributed by atoms with Crippen LogP contribution in [0.4, 0.5) is 13.2 Å². The molecule has 0 aromatic heterocycles. The van der Waals surface area contributed by atoms with E-state index in [0.717, 1.165) is 19.4 Å². The molecule has 2 nitrogen and oxygen atoms in total. The number of fused-ring (bicyclic) bond motifs is 2. The van der Waals surface area contributed by atoms with Gasteiger partial charge in [0.25, 0.3) is 0 Å². The summed E-state index contributed by atoms with van der Waals surface area (Å²) < 4.78 is 36.5. The fourth-order valence-corrected chi connectivity index (χ4v) is 3.56. The van der Waals surface area contributed by atoms with Crippen molar-refractivity contribution in [1.82, 2.24) is 10.2 Å². The average Bonchev–Trinajstić information content (AvgIpc) is 2.51. The Morgan fingerprint density at radius 3 is 2.28 bits per heavy atom. The van der Waals surface area contributed by atoms with Gasteiger partial charge in [0, 0.05) is 24.5 Å². The van der Waals surface area contributed by atoms with Crippen molar-refractivity contribution in [1.29, 1.82) is 0 Å². The summed E-state index contributed by atoms with van der Waals surface area (Å²) in [5, 5.41) is 3.48. The van der Waals surface area contributed by atoms with E-state index in [1.54, 1.807) is 0 Å². The number of nitrogens with zero attached hydrogens (tertiary/aromatic N) is 1. The summed E-state index contributed by atoms with van der Waals surface area (Å²) in [5.41, 5.74) is 0. The number of hydrogen-bond acceptors (Lipinski definition) is 2. The van der Waals surface area contributed by atoms with Crippen LogP contribution in [0.15, 0.2) is 0 Å². The van der Waals surface area contributed by atoms with Crippen LogP contribution in [0, 0.1) is 0 Å². The third-order valence-corrected chi connectivity index (χ3v) is 4.25. The maximum atomic E-state index is 12.2. The number of hydrogen-bond donors (Lipinski definition) is 1. The van der Waals surface area contributed by atoms with E-state index in [2.05, 4.69) is 17.1 Å². The van der Waals surface area contributed by atoms with Gasteiger partial charge in [0.15, 0.2) is 0 Å². The molecule has 0 spiro atoms. The topological polar surface area (TPSA) is 15.3 Å². The van der Waals surface area contributed by atoms with Crippen molar-refractivity contribution < 1.29 is 13.2 Å². The van der Waals surface area contributed by atoms with Gasteiger partial charge in [0.1, 0.15) is 0 Å². The molecule has 106 valence electrons. The average molecular weight is 264 g/mol. The Labute approximate surface area is 107 Å². The van der Waals surface area contributed by atoms with E-state index in [4.69, 9.17) is 0 Å². The molecule has 2 unspecified atom stereocenters. The molecule has 18 heavy (non-hydrogen) atoms. The molecule has 0 aromatic carbocycles. The molecule has 2 heterocycles. The van der Waals surface area contributed by atoms with Crippen LogP contribution in [-0.2, 0) is 0 Å². The summed E-state index contributed by atoms with van der Waals surface area (Å²) in [7, 11) is 0. The molecular formula is C13H23F3N2. The summed E-state index contributed by atoms with van der Waals surface area (Å²) in [6, 6.07) is 1.61. The smallest absolute Gasteiger partial charge is 0.314 e. The normalized spacial score (nSPS) is 33.0. The van der Waals surface area contributed by atoms with Gasteiger partial charge >= 0.3 is 6.18 Å². The Morgan fingerprint density at radius 1 is 1.17 bits per heavy atom. The fourth-order valence-electron chi connectivity index (χ4n) is 3.56. The lowest BCUT2D eigenvalue weighted by Crippen LogP contribution is -2.49. The lowest BCUT2D eigenvalue weighted by Gasteiger charge is -2.39. The fraction of sp³-hybridized carbons (Fsp3) is 1.00. The standard InChI is InChI=1S/C13H23F3N2/c1-2-17-10-8-11-4-5-12(9-10)18(11)7-3-6-13(14,15)16/h10-12,17H,2-9H2,1H3. The molecule has 0 aliphatic carbocycles. The Hall–Kier alpha value is -0.290. The number of rotatable bonds is 5. The monoisotopic (exact) mass is 264 g/mol. The van der Waals surface area contributed by atoms with Gasteiger partial charge in [-0.1, -0.05) is 6.92 Å². The summed E-state index contributed by atoms with van der Waals surface area (Å²) >= 11 is 0. The van der Waals surface area contributed by atoms with Crippen molar-refractivity contribution in [2.24, 2.45) is 0 Å². The van der Waals surface area contributed by atoms with Crippen LogP contribution >= 0.6 is 0 Å². The van der Waals surface area contributed by atoms with Crippen LogP contribution in [0.25, 0.3) is 0 Å². The van der Waals surface area contributed by atoms with Crippen molar-refractivity contribution >= 4 is 0 Å². The second-order valence-corrected chi connectivity index (χ2v) is 5.57. The molecule has 2 saturated heterocycles.